The molecule has 16 heavy (non-hydrogen) atoms. The maximum Gasteiger partial charge on any atom is 0.133 e. The first kappa shape index (κ1) is 11.9. The number of carbonyl (C=O) groups excluding carboxylic acids is 1. The number of hydrogen-bond donors (Lipinski definition) is 0. The molecule has 0 saturated heterocycles. The molecule has 0 aromatic heterocycles. The summed E-state index contributed by atoms with van der Waals surface area (Å²) in [5.74, 6) is 3.45. The number of carbonyl (C=O) groups is 1. The van der Waals surface area contributed by atoms with Crippen LogP contribution in [0.3, 0.4) is 0 Å². The second kappa shape index (κ2) is 4.35. The van der Waals surface area contributed by atoms with Gasteiger partial charge in [-0.05, 0) is 56.3 Å². The minimum atomic E-state index is 0.328. The number of allylic oxidation sites excluding steroid dienone is 1. The standard InChI is InChI=1S/C15H24O/c1-9(2)12-6-5-10(3)13-7-8-14(11(4)16)15(12)13/h9,12-15H,3,5-8H2,1-2,4H3/t12-,13?,14+,15?/m0/s1. The fourth-order valence-corrected chi connectivity index (χ4v) is 4.08. The van der Waals surface area contributed by atoms with Gasteiger partial charge in [0.05, 0.1) is 0 Å². The average Bonchev–Trinajstić information content (AvgIpc) is 2.62. The first-order valence-electron chi connectivity index (χ1n) is 6.70. The van der Waals surface area contributed by atoms with E-state index in [9.17, 15) is 4.79 Å². The third-order valence-corrected chi connectivity index (χ3v) is 4.91. The normalized spacial score (nSPS) is 38.9. The minimum Gasteiger partial charge on any atom is -0.300 e. The lowest BCUT2D eigenvalue weighted by Gasteiger charge is -2.40. The van der Waals surface area contributed by atoms with E-state index in [-0.39, 0.29) is 0 Å². The van der Waals surface area contributed by atoms with Gasteiger partial charge in [-0.15, -0.1) is 0 Å². The molecule has 0 amide bonds. The predicted molar refractivity (Wildman–Crippen MR) is 67.1 cm³/mol. The summed E-state index contributed by atoms with van der Waals surface area (Å²) in [5, 5.41) is 0. The zero-order valence-corrected chi connectivity index (χ0v) is 10.8. The smallest absolute Gasteiger partial charge is 0.133 e. The highest BCUT2D eigenvalue weighted by atomic mass is 16.1. The SMILES string of the molecule is C=C1CC[C@@H](C(C)C)C2C1CC[C@@H]2C(C)=O. The molecule has 1 heteroatoms. The Kier molecular flexibility index (Phi) is 3.23. The molecule has 2 aliphatic carbocycles. The number of fused-ring (bicyclic) bond motifs is 1. The first-order chi connectivity index (χ1) is 7.52. The van der Waals surface area contributed by atoms with Crippen LogP contribution in [0.5, 0.6) is 0 Å². The van der Waals surface area contributed by atoms with E-state index < -0.39 is 0 Å². The molecule has 2 rings (SSSR count). The Morgan fingerprint density at radius 3 is 2.56 bits per heavy atom. The number of ketones is 1. The fourth-order valence-electron chi connectivity index (χ4n) is 4.08. The van der Waals surface area contributed by atoms with Crippen molar-refractivity contribution in [2.24, 2.45) is 29.6 Å². The van der Waals surface area contributed by atoms with Gasteiger partial charge in [0.15, 0.2) is 0 Å². The summed E-state index contributed by atoms with van der Waals surface area (Å²) in [6, 6.07) is 0. The highest BCUT2D eigenvalue weighted by molar-refractivity contribution is 5.79. The molecule has 0 N–H and O–H groups in total. The molecule has 0 aromatic carbocycles. The van der Waals surface area contributed by atoms with Crippen LogP contribution in [0.25, 0.3) is 0 Å². The lowest BCUT2D eigenvalue weighted by atomic mass is 9.64. The molecule has 4 atom stereocenters. The summed E-state index contributed by atoms with van der Waals surface area (Å²) in [7, 11) is 0. The molecule has 0 aromatic rings. The van der Waals surface area contributed by atoms with Crippen LogP contribution in [0.2, 0.25) is 0 Å². The first-order valence-corrected chi connectivity index (χ1v) is 6.70. The molecular weight excluding hydrogens is 196 g/mol. The van der Waals surface area contributed by atoms with Gasteiger partial charge < -0.3 is 0 Å². The van der Waals surface area contributed by atoms with Crippen LogP contribution >= 0.6 is 0 Å². The van der Waals surface area contributed by atoms with E-state index in [1.807, 2.05) is 0 Å². The van der Waals surface area contributed by atoms with Crippen LogP contribution in [-0.4, -0.2) is 5.78 Å². The van der Waals surface area contributed by atoms with E-state index in [2.05, 4.69) is 20.4 Å². The summed E-state index contributed by atoms with van der Waals surface area (Å²) in [6.45, 7) is 10.6. The Morgan fingerprint density at radius 1 is 1.31 bits per heavy atom. The maximum atomic E-state index is 11.7. The Bertz CT molecular complexity index is 297. The molecule has 1 nitrogen and oxygen atoms in total. The Hall–Kier alpha value is -0.590. The van der Waals surface area contributed by atoms with E-state index in [1.165, 1.54) is 24.8 Å². The van der Waals surface area contributed by atoms with Crippen molar-refractivity contribution in [2.75, 3.05) is 0 Å². The van der Waals surface area contributed by atoms with Crippen LogP contribution in [0.4, 0.5) is 0 Å². The van der Waals surface area contributed by atoms with Crippen molar-refractivity contribution in [2.45, 2.75) is 46.5 Å². The number of Topliss-reactive ketones (excluding diaryl/α,β-unsaturated/α-hetero) is 1. The van der Waals surface area contributed by atoms with Crippen LogP contribution in [0.1, 0.15) is 46.5 Å². The summed E-state index contributed by atoms with van der Waals surface area (Å²) in [4.78, 5) is 11.7. The molecule has 2 saturated carbocycles. The van der Waals surface area contributed by atoms with Gasteiger partial charge in [0, 0.05) is 5.92 Å². The monoisotopic (exact) mass is 220 g/mol. The van der Waals surface area contributed by atoms with E-state index in [0.29, 0.717) is 29.5 Å². The second-order valence-electron chi connectivity index (χ2n) is 6.08. The number of rotatable bonds is 2. The van der Waals surface area contributed by atoms with E-state index >= 15 is 0 Å². The lowest BCUT2D eigenvalue weighted by Crippen LogP contribution is -2.35. The molecular formula is C15H24O. The number of hydrogen-bond acceptors (Lipinski definition) is 1. The third-order valence-electron chi connectivity index (χ3n) is 4.91. The van der Waals surface area contributed by atoms with Gasteiger partial charge in [0.2, 0.25) is 0 Å². The summed E-state index contributed by atoms with van der Waals surface area (Å²) >= 11 is 0. The van der Waals surface area contributed by atoms with Crippen molar-refractivity contribution in [1.29, 1.82) is 0 Å². The van der Waals surface area contributed by atoms with Gasteiger partial charge in [-0.3, -0.25) is 4.79 Å². The lowest BCUT2D eigenvalue weighted by molar-refractivity contribution is -0.123. The van der Waals surface area contributed by atoms with Crippen molar-refractivity contribution < 1.29 is 4.79 Å². The van der Waals surface area contributed by atoms with Gasteiger partial charge in [0.25, 0.3) is 0 Å². The molecule has 90 valence electrons. The van der Waals surface area contributed by atoms with Crippen LogP contribution < -0.4 is 0 Å². The zero-order valence-electron chi connectivity index (χ0n) is 10.8. The van der Waals surface area contributed by atoms with Crippen molar-refractivity contribution in [3.8, 4) is 0 Å². The van der Waals surface area contributed by atoms with Gasteiger partial charge in [-0.1, -0.05) is 26.0 Å². The Morgan fingerprint density at radius 2 is 2.00 bits per heavy atom. The molecule has 0 radical (unpaired) electrons. The molecule has 0 bridgehead atoms. The van der Waals surface area contributed by atoms with Gasteiger partial charge in [-0.2, -0.15) is 0 Å². The molecule has 0 heterocycles. The van der Waals surface area contributed by atoms with Crippen LogP contribution in [-0.2, 0) is 4.79 Å². The van der Waals surface area contributed by atoms with Gasteiger partial charge >= 0.3 is 0 Å². The molecule has 2 unspecified atom stereocenters. The van der Waals surface area contributed by atoms with E-state index in [4.69, 9.17) is 0 Å². The largest absolute Gasteiger partial charge is 0.300 e. The minimum absolute atomic E-state index is 0.328. The molecule has 0 aliphatic heterocycles. The van der Waals surface area contributed by atoms with Crippen molar-refractivity contribution in [3.63, 3.8) is 0 Å². The fraction of sp³-hybridized carbons (Fsp3) is 0.800. The highest BCUT2D eigenvalue weighted by Gasteiger charge is 2.46. The Balaban J connectivity index is 2.25. The maximum absolute atomic E-state index is 11.7. The second-order valence-corrected chi connectivity index (χ2v) is 6.08. The Labute approximate surface area is 99.3 Å². The molecule has 2 fully saturated rings. The van der Waals surface area contributed by atoms with Crippen molar-refractivity contribution in [1.82, 2.24) is 0 Å². The van der Waals surface area contributed by atoms with E-state index in [1.54, 1.807) is 6.92 Å². The van der Waals surface area contributed by atoms with Gasteiger partial charge in [-0.25, -0.2) is 0 Å². The van der Waals surface area contributed by atoms with Crippen molar-refractivity contribution >= 4 is 5.78 Å². The van der Waals surface area contributed by atoms with Crippen LogP contribution in [0, 0.1) is 29.6 Å². The summed E-state index contributed by atoms with van der Waals surface area (Å²) in [5.41, 5.74) is 1.42. The zero-order chi connectivity index (χ0) is 11.9. The van der Waals surface area contributed by atoms with E-state index in [0.717, 1.165) is 12.3 Å². The highest BCUT2D eigenvalue weighted by Crippen LogP contribution is 2.52. The molecule has 0 spiro atoms. The third kappa shape index (κ3) is 1.85. The topological polar surface area (TPSA) is 17.1 Å². The summed E-state index contributed by atoms with van der Waals surface area (Å²) < 4.78 is 0. The quantitative estimate of drug-likeness (QED) is 0.646. The van der Waals surface area contributed by atoms with Crippen molar-refractivity contribution in [3.05, 3.63) is 12.2 Å². The van der Waals surface area contributed by atoms with Gasteiger partial charge in [0.1, 0.15) is 5.78 Å². The predicted octanol–water partition coefficient (Wildman–Crippen LogP) is 3.84. The molecule has 2 aliphatic rings. The summed E-state index contributed by atoms with van der Waals surface area (Å²) in [6.07, 6.45) is 4.75. The van der Waals surface area contributed by atoms with Crippen LogP contribution in [0.15, 0.2) is 12.2 Å². The average molecular weight is 220 g/mol.